The zero-order valence-electron chi connectivity index (χ0n) is 16.6. The van der Waals surface area contributed by atoms with E-state index in [1.54, 1.807) is 12.1 Å². The summed E-state index contributed by atoms with van der Waals surface area (Å²) in [6, 6.07) is 10.1. The summed E-state index contributed by atoms with van der Waals surface area (Å²) in [5.74, 6) is 0.942. The third kappa shape index (κ3) is 4.89. The van der Waals surface area contributed by atoms with Gasteiger partial charge in [-0.2, -0.15) is 5.10 Å². The topological polar surface area (TPSA) is 76.2 Å². The molecule has 7 nitrogen and oxygen atoms in total. The lowest BCUT2D eigenvalue weighted by molar-refractivity contribution is 0.0364. The third-order valence-corrected chi connectivity index (χ3v) is 4.74. The molecular formula is C21H24FN5O2. The molecule has 1 atom stereocenters. The molecule has 8 heteroatoms. The van der Waals surface area contributed by atoms with E-state index < -0.39 is 0 Å². The number of hydrogen-bond acceptors (Lipinski definition) is 6. The van der Waals surface area contributed by atoms with E-state index in [2.05, 4.69) is 25.1 Å². The Morgan fingerprint density at radius 3 is 2.83 bits per heavy atom. The number of rotatable bonds is 6. The number of aromatic amines is 1. The maximum atomic E-state index is 13.2. The maximum Gasteiger partial charge on any atom is 0.225 e. The zero-order chi connectivity index (χ0) is 20.2. The first-order chi connectivity index (χ1) is 14.1. The Labute approximate surface area is 168 Å². The molecule has 4 rings (SSSR count). The van der Waals surface area contributed by atoms with E-state index >= 15 is 0 Å². The van der Waals surface area contributed by atoms with Gasteiger partial charge in [0.15, 0.2) is 0 Å². The van der Waals surface area contributed by atoms with E-state index in [9.17, 15) is 4.39 Å². The molecule has 152 valence electrons. The van der Waals surface area contributed by atoms with Crippen LogP contribution in [-0.4, -0.2) is 46.5 Å². The molecule has 1 unspecified atom stereocenters. The van der Waals surface area contributed by atoms with Gasteiger partial charge in [-0.3, -0.25) is 5.10 Å². The monoisotopic (exact) mass is 397 g/mol. The van der Waals surface area contributed by atoms with Gasteiger partial charge in [0.05, 0.1) is 25.5 Å². The molecule has 1 aliphatic rings. The molecule has 0 amide bonds. The summed E-state index contributed by atoms with van der Waals surface area (Å²) in [5, 5.41) is 7.45. The average molecular weight is 397 g/mol. The van der Waals surface area contributed by atoms with Gasteiger partial charge in [0, 0.05) is 36.1 Å². The second-order valence-electron chi connectivity index (χ2n) is 7.13. The van der Waals surface area contributed by atoms with Crippen molar-refractivity contribution in [3.63, 3.8) is 0 Å². The van der Waals surface area contributed by atoms with Gasteiger partial charge in [-0.05, 0) is 38.1 Å². The van der Waals surface area contributed by atoms with Crippen LogP contribution in [0, 0.1) is 19.7 Å². The predicted molar refractivity (Wildman–Crippen MR) is 107 cm³/mol. The number of halogens is 1. The Morgan fingerprint density at radius 2 is 2.03 bits per heavy atom. The third-order valence-electron chi connectivity index (χ3n) is 4.74. The molecule has 1 aliphatic heterocycles. The molecule has 0 spiro atoms. The van der Waals surface area contributed by atoms with Gasteiger partial charge >= 0.3 is 0 Å². The van der Waals surface area contributed by atoms with E-state index in [4.69, 9.17) is 9.47 Å². The Hall–Kier alpha value is -3.00. The Morgan fingerprint density at radius 1 is 1.21 bits per heavy atom. The quantitative estimate of drug-likeness (QED) is 0.689. The first-order valence-corrected chi connectivity index (χ1v) is 9.68. The number of aryl methyl sites for hydroxylation is 2. The molecule has 0 aliphatic carbocycles. The zero-order valence-corrected chi connectivity index (χ0v) is 16.6. The minimum Gasteiger partial charge on any atom is -0.493 e. The summed E-state index contributed by atoms with van der Waals surface area (Å²) in [5.41, 5.74) is 3.70. The highest BCUT2D eigenvalue weighted by atomic mass is 19.1. The molecule has 3 heterocycles. The molecule has 2 aromatic heterocycles. The molecule has 3 aromatic rings. The Kier molecular flexibility index (Phi) is 5.71. The minimum atomic E-state index is -0.307. The molecule has 1 fully saturated rings. The van der Waals surface area contributed by atoms with Gasteiger partial charge in [0.1, 0.15) is 17.7 Å². The van der Waals surface area contributed by atoms with E-state index in [-0.39, 0.29) is 11.9 Å². The Bertz CT molecular complexity index is 957. The lowest BCUT2D eigenvalue weighted by Crippen LogP contribution is -2.39. The number of H-pyrrole nitrogens is 1. The van der Waals surface area contributed by atoms with Gasteiger partial charge in [-0.1, -0.05) is 6.07 Å². The van der Waals surface area contributed by atoms with Gasteiger partial charge < -0.3 is 14.4 Å². The number of morpholine rings is 1. The van der Waals surface area contributed by atoms with Gasteiger partial charge in [0.2, 0.25) is 5.95 Å². The highest BCUT2D eigenvalue weighted by Crippen LogP contribution is 2.24. The number of ether oxygens (including phenoxy) is 2. The normalized spacial score (nSPS) is 16.8. The fourth-order valence-electron chi connectivity index (χ4n) is 3.37. The summed E-state index contributed by atoms with van der Waals surface area (Å²) in [6.45, 7) is 6.36. The van der Waals surface area contributed by atoms with Crippen molar-refractivity contribution in [3.05, 3.63) is 65.0 Å². The number of hydrogen-bond donors (Lipinski definition) is 1. The first kappa shape index (κ1) is 19.3. The smallest absolute Gasteiger partial charge is 0.225 e. The van der Waals surface area contributed by atoms with Crippen LogP contribution in [-0.2, 0) is 11.2 Å². The second kappa shape index (κ2) is 8.57. The van der Waals surface area contributed by atoms with Crippen LogP contribution in [0.1, 0.15) is 28.9 Å². The molecule has 1 saturated heterocycles. The lowest BCUT2D eigenvalue weighted by Gasteiger charge is -2.32. The highest BCUT2D eigenvalue weighted by molar-refractivity contribution is 5.34. The molecule has 0 bridgehead atoms. The van der Waals surface area contributed by atoms with Crippen LogP contribution in [0.25, 0.3) is 0 Å². The van der Waals surface area contributed by atoms with Gasteiger partial charge in [-0.15, -0.1) is 0 Å². The van der Waals surface area contributed by atoms with E-state index in [1.807, 2.05) is 26.0 Å². The average Bonchev–Trinajstić information content (AvgIpc) is 3.16. The van der Waals surface area contributed by atoms with Crippen LogP contribution in [0.5, 0.6) is 5.75 Å². The number of anilines is 1. The van der Waals surface area contributed by atoms with Crippen LogP contribution in [0.15, 0.2) is 36.4 Å². The van der Waals surface area contributed by atoms with Gasteiger partial charge in [0.25, 0.3) is 0 Å². The molecule has 0 saturated carbocycles. The fraction of sp³-hybridized carbons (Fsp3) is 0.381. The van der Waals surface area contributed by atoms with Crippen molar-refractivity contribution >= 4 is 5.95 Å². The largest absolute Gasteiger partial charge is 0.493 e. The summed E-state index contributed by atoms with van der Waals surface area (Å²) >= 11 is 0. The fourth-order valence-corrected chi connectivity index (χ4v) is 3.37. The first-order valence-electron chi connectivity index (χ1n) is 9.68. The van der Waals surface area contributed by atoms with E-state index in [0.717, 1.165) is 35.3 Å². The molecule has 1 N–H and O–H groups in total. The lowest BCUT2D eigenvalue weighted by atomic mass is 10.2. The van der Waals surface area contributed by atoms with Gasteiger partial charge in [-0.25, -0.2) is 14.4 Å². The van der Waals surface area contributed by atoms with Crippen molar-refractivity contribution in [1.29, 1.82) is 0 Å². The van der Waals surface area contributed by atoms with Crippen molar-refractivity contribution < 1.29 is 13.9 Å². The summed E-state index contributed by atoms with van der Waals surface area (Å²) in [6.07, 6.45) is 0.488. The predicted octanol–water partition coefficient (Wildman–Crippen LogP) is 3.16. The summed E-state index contributed by atoms with van der Waals surface area (Å²) in [4.78, 5) is 11.2. The number of nitrogens with one attached hydrogen (secondary N) is 1. The standard InChI is InChI=1S/C21H24FN5O2/c1-14-10-15(2)24-21(23-14)27-7-9-29-20(13-27)19-12-17(25-26-19)6-8-28-18-5-3-4-16(22)11-18/h3-5,10-12,20H,6-9,13H2,1-2H3,(H,25,26). The summed E-state index contributed by atoms with van der Waals surface area (Å²) < 4.78 is 24.7. The molecule has 29 heavy (non-hydrogen) atoms. The Balaban J connectivity index is 1.36. The van der Waals surface area contributed by atoms with Crippen LogP contribution in [0.4, 0.5) is 10.3 Å². The van der Waals surface area contributed by atoms with E-state index in [0.29, 0.717) is 31.9 Å². The summed E-state index contributed by atoms with van der Waals surface area (Å²) in [7, 11) is 0. The van der Waals surface area contributed by atoms with Crippen LogP contribution >= 0.6 is 0 Å². The molecule has 1 aromatic carbocycles. The van der Waals surface area contributed by atoms with Crippen molar-refractivity contribution in [2.24, 2.45) is 0 Å². The van der Waals surface area contributed by atoms with Crippen molar-refractivity contribution in [3.8, 4) is 5.75 Å². The number of nitrogens with zero attached hydrogens (tertiary/aromatic N) is 4. The van der Waals surface area contributed by atoms with Crippen LogP contribution in [0.3, 0.4) is 0 Å². The van der Waals surface area contributed by atoms with Crippen molar-refractivity contribution in [2.75, 3.05) is 31.2 Å². The second-order valence-corrected chi connectivity index (χ2v) is 7.13. The number of benzene rings is 1. The molecule has 0 radical (unpaired) electrons. The minimum absolute atomic E-state index is 0.151. The van der Waals surface area contributed by atoms with Crippen LogP contribution in [0.2, 0.25) is 0 Å². The highest BCUT2D eigenvalue weighted by Gasteiger charge is 2.26. The van der Waals surface area contributed by atoms with E-state index in [1.165, 1.54) is 12.1 Å². The van der Waals surface area contributed by atoms with Crippen molar-refractivity contribution in [2.45, 2.75) is 26.4 Å². The van der Waals surface area contributed by atoms with Crippen LogP contribution < -0.4 is 9.64 Å². The maximum absolute atomic E-state index is 13.2. The van der Waals surface area contributed by atoms with Crippen molar-refractivity contribution in [1.82, 2.24) is 20.2 Å². The SMILES string of the molecule is Cc1cc(C)nc(N2CCOC(c3cc(CCOc4cccc(F)c4)[nH]n3)C2)n1. The molecular weight excluding hydrogens is 373 g/mol. The number of aromatic nitrogens is 4.